The summed E-state index contributed by atoms with van der Waals surface area (Å²) in [5.74, 6) is -1.09. The number of nitrogens with zero attached hydrogens (tertiary/aromatic N) is 2. The van der Waals surface area contributed by atoms with Gasteiger partial charge in [0.15, 0.2) is 0 Å². The molecule has 6 nitrogen and oxygen atoms in total. The fourth-order valence-corrected chi connectivity index (χ4v) is 1.26. The van der Waals surface area contributed by atoms with Crippen LogP contribution >= 0.6 is 11.6 Å². The molecule has 1 aromatic heterocycles. The highest BCUT2D eigenvalue weighted by Gasteiger charge is 2.28. The van der Waals surface area contributed by atoms with Gasteiger partial charge in [-0.1, -0.05) is 11.6 Å². The monoisotopic (exact) mass is 251 g/mol. The third kappa shape index (κ3) is 2.22. The van der Waals surface area contributed by atoms with Crippen molar-refractivity contribution >= 4 is 23.2 Å². The minimum absolute atomic E-state index is 0.541. The van der Waals surface area contributed by atoms with Gasteiger partial charge in [-0.2, -0.15) is 0 Å². The number of primary amides is 1. The Balaban J connectivity index is 3.52. The lowest BCUT2D eigenvalue weighted by molar-refractivity contribution is -0.386. The van der Waals surface area contributed by atoms with Crippen molar-refractivity contribution < 1.29 is 18.5 Å². The Morgan fingerprint density at radius 2 is 2.19 bits per heavy atom. The molecule has 0 fully saturated rings. The van der Waals surface area contributed by atoms with E-state index in [1.54, 1.807) is 0 Å². The van der Waals surface area contributed by atoms with E-state index >= 15 is 0 Å². The van der Waals surface area contributed by atoms with Crippen molar-refractivity contribution in [3.05, 3.63) is 32.6 Å². The van der Waals surface area contributed by atoms with Crippen molar-refractivity contribution in [1.29, 1.82) is 0 Å². The zero-order chi connectivity index (χ0) is 12.5. The summed E-state index contributed by atoms with van der Waals surface area (Å²) >= 11 is 5.31. The van der Waals surface area contributed by atoms with Gasteiger partial charge in [0.2, 0.25) is 0 Å². The molecular formula is C7H4ClF2N3O3. The van der Waals surface area contributed by atoms with Crippen molar-refractivity contribution in [2.75, 3.05) is 0 Å². The Hall–Kier alpha value is -1.83. The quantitative estimate of drug-likeness (QED) is 0.502. The maximum atomic E-state index is 12.4. The Kier molecular flexibility index (Phi) is 3.33. The standard InChI is InChI=1S/C7H4ClF2N3O3/c8-5-4(6(9)10)3(13(15)16)1-2(12-5)7(11)14/h1,6H,(H2,11,14). The molecule has 16 heavy (non-hydrogen) atoms. The minimum Gasteiger partial charge on any atom is -0.364 e. The summed E-state index contributed by atoms with van der Waals surface area (Å²) < 4.78 is 24.9. The fourth-order valence-electron chi connectivity index (χ4n) is 0.990. The largest absolute Gasteiger partial charge is 0.364 e. The van der Waals surface area contributed by atoms with Crippen LogP contribution < -0.4 is 5.73 Å². The lowest BCUT2D eigenvalue weighted by Crippen LogP contribution is -2.14. The number of carbonyl (C=O) groups is 1. The van der Waals surface area contributed by atoms with Crippen LogP contribution in [0, 0.1) is 10.1 Å². The Bertz CT molecular complexity index is 466. The molecule has 0 aliphatic rings. The highest BCUT2D eigenvalue weighted by atomic mass is 35.5. The lowest BCUT2D eigenvalue weighted by atomic mass is 10.2. The number of carbonyl (C=O) groups excluding carboxylic acids is 1. The lowest BCUT2D eigenvalue weighted by Gasteiger charge is -2.04. The normalized spacial score (nSPS) is 10.5. The zero-order valence-electron chi connectivity index (χ0n) is 7.49. The molecule has 1 heterocycles. The number of hydrogen-bond donors (Lipinski definition) is 1. The molecule has 2 N–H and O–H groups in total. The number of nitro groups is 1. The van der Waals surface area contributed by atoms with Crippen LogP contribution in [0.4, 0.5) is 14.5 Å². The predicted molar refractivity (Wildman–Crippen MR) is 49.4 cm³/mol. The number of pyridine rings is 1. The Morgan fingerprint density at radius 1 is 1.62 bits per heavy atom. The van der Waals surface area contributed by atoms with Crippen molar-refractivity contribution in [3.63, 3.8) is 0 Å². The van der Waals surface area contributed by atoms with Gasteiger partial charge in [-0.05, 0) is 0 Å². The molecule has 86 valence electrons. The average Bonchev–Trinajstić information content (AvgIpc) is 2.15. The molecule has 0 saturated heterocycles. The molecule has 0 atom stereocenters. The molecule has 0 unspecified atom stereocenters. The van der Waals surface area contributed by atoms with Crippen molar-refractivity contribution in [2.45, 2.75) is 6.43 Å². The summed E-state index contributed by atoms with van der Waals surface area (Å²) in [4.78, 5) is 23.3. The van der Waals surface area contributed by atoms with Gasteiger partial charge in [-0.15, -0.1) is 0 Å². The van der Waals surface area contributed by atoms with Gasteiger partial charge in [0.05, 0.1) is 4.92 Å². The number of rotatable bonds is 3. The van der Waals surface area contributed by atoms with E-state index in [2.05, 4.69) is 4.98 Å². The number of amides is 1. The van der Waals surface area contributed by atoms with E-state index in [-0.39, 0.29) is 0 Å². The molecule has 0 saturated carbocycles. The fraction of sp³-hybridized carbons (Fsp3) is 0.143. The minimum atomic E-state index is -3.16. The van der Waals surface area contributed by atoms with Crippen molar-refractivity contribution in [1.82, 2.24) is 4.98 Å². The maximum Gasteiger partial charge on any atom is 0.283 e. The summed E-state index contributed by atoms with van der Waals surface area (Å²) in [7, 11) is 0. The van der Waals surface area contributed by atoms with E-state index in [4.69, 9.17) is 17.3 Å². The number of hydrogen-bond acceptors (Lipinski definition) is 4. The topological polar surface area (TPSA) is 99.1 Å². The summed E-state index contributed by atoms with van der Waals surface area (Å²) in [5.41, 5.74) is 2.25. The molecule has 0 spiro atoms. The summed E-state index contributed by atoms with van der Waals surface area (Å²) in [6, 6.07) is 0.565. The zero-order valence-corrected chi connectivity index (χ0v) is 8.24. The van der Waals surface area contributed by atoms with Gasteiger partial charge in [0.1, 0.15) is 16.4 Å². The number of alkyl halides is 2. The van der Waals surface area contributed by atoms with Gasteiger partial charge in [0, 0.05) is 6.07 Å². The van der Waals surface area contributed by atoms with E-state index in [1.165, 1.54) is 0 Å². The Morgan fingerprint density at radius 3 is 2.56 bits per heavy atom. The van der Waals surface area contributed by atoms with Gasteiger partial charge in [0.25, 0.3) is 18.0 Å². The Labute approximate surface area is 92.2 Å². The van der Waals surface area contributed by atoms with Gasteiger partial charge < -0.3 is 5.73 Å². The molecule has 1 aromatic rings. The molecule has 0 radical (unpaired) electrons. The third-order valence-corrected chi connectivity index (χ3v) is 1.95. The van der Waals surface area contributed by atoms with E-state index in [0.29, 0.717) is 6.07 Å². The van der Waals surface area contributed by atoms with Crippen LogP contribution in [-0.4, -0.2) is 15.8 Å². The van der Waals surface area contributed by atoms with E-state index in [9.17, 15) is 23.7 Å². The molecular weight excluding hydrogens is 248 g/mol. The molecule has 0 aliphatic heterocycles. The second-order valence-electron chi connectivity index (χ2n) is 2.65. The van der Waals surface area contributed by atoms with Crippen LogP contribution in [0.5, 0.6) is 0 Å². The third-order valence-electron chi connectivity index (χ3n) is 1.66. The molecule has 9 heteroatoms. The summed E-state index contributed by atoms with van der Waals surface area (Å²) in [6.45, 7) is 0. The molecule has 0 aliphatic carbocycles. The van der Waals surface area contributed by atoms with Gasteiger partial charge >= 0.3 is 0 Å². The number of aromatic nitrogens is 1. The van der Waals surface area contributed by atoms with Crippen LogP contribution in [0.15, 0.2) is 6.07 Å². The van der Waals surface area contributed by atoms with Crippen LogP contribution in [0.25, 0.3) is 0 Å². The number of halogens is 3. The highest BCUT2D eigenvalue weighted by molar-refractivity contribution is 6.30. The first-order chi connectivity index (χ1) is 7.34. The van der Waals surface area contributed by atoms with Crippen molar-refractivity contribution in [3.8, 4) is 0 Å². The van der Waals surface area contributed by atoms with Crippen LogP contribution in [-0.2, 0) is 0 Å². The first kappa shape index (κ1) is 12.2. The van der Waals surface area contributed by atoms with Crippen LogP contribution in [0.2, 0.25) is 5.15 Å². The first-order valence-electron chi connectivity index (χ1n) is 3.77. The SMILES string of the molecule is NC(=O)c1cc([N+](=O)[O-])c(C(F)F)c(Cl)n1. The van der Waals surface area contributed by atoms with E-state index in [0.717, 1.165) is 0 Å². The second-order valence-corrected chi connectivity index (χ2v) is 3.01. The smallest absolute Gasteiger partial charge is 0.283 e. The average molecular weight is 252 g/mol. The van der Waals surface area contributed by atoms with Crippen LogP contribution in [0.1, 0.15) is 22.5 Å². The van der Waals surface area contributed by atoms with E-state index < -0.39 is 39.4 Å². The summed E-state index contributed by atoms with van der Waals surface area (Å²) in [5, 5.41) is 9.68. The molecule has 0 bridgehead atoms. The van der Waals surface area contributed by atoms with Crippen molar-refractivity contribution in [2.24, 2.45) is 5.73 Å². The first-order valence-corrected chi connectivity index (χ1v) is 4.15. The summed E-state index contributed by atoms with van der Waals surface area (Å²) in [6.07, 6.45) is -3.16. The van der Waals surface area contributed by atoms with E-state index in [1.807, 2.05) is 0 Å². The predicted octanol–water partition coefficient (Wildman–Crippen LogP) is 1.68. The maximum absolute atomic E-state index is 12.4. The molecule has 0 aromatic carbocycles. The number of nitrogens with two attached hydrogens (primary N) is 1. The highest BCUT2D eigenvalue weighted by Crippen LogP contribution is 2.34. The van der Waals surface area contributed by atoms with Gasteiger partial charge in [-0.3, -0.25) is 14.9 Å². The van der Waals surface area contributed by atoms with Gasteiger partial charge in [-0.25, -0.2) is 13.8 Å². The second kappa shape index (κ2) is 4.35. The molecule has 1 amide bonds. The van der Waals surface area contributed by atoms with Crippen LogP contribution in [0.3, 0.4) is 0 Å². The molecule has 1 rings (SSSR count).